The molecule has 1 aromatic carbocycles. The molecule has 1 heterocycles. The molecule has 0 amide bonds. The summed E-state index contributed by atoms with van der Waals surface area (Å²) in [5.74, 6) is 0. The SMILES string of the molecule is FC(c1cccc(Cl)c1Cl)C1CCCN1. The highest BCUT2D eigenvalue weighted by Gasteiger charge is 2.27. The zero-order valence-corrected chi connectivity index (χ0v) is 9.65. The van der Waals surface area contributed by atoms with Gasteiger partial charge in [0.05, 0.1) is 10.0 Å². The third-order valence-electron chi connectivity index (χ3n) is 2.73. The van der Waals surface area contributed by atoms with Crippen molar-refractivity contribution in [3.8, 4) is 0 Å². The second kappa shape index (κ2) is 4.69. The zero-order chi connectivity index (χ0) is 10.8. The smallest absolute Gasteiger partial charge is 0.142 e. The Morgan fingerprint density at radius 1 is 1.40 bits per heavy atom. The maximum Gasteiger partial charge on any atom is 0.142 e. The number of benzene rings is 1. The number of hydrogen-bond acceptors (Lipinski definition) is 1. The van der Waals surface area contributed by atoms with E-state index in [-0.39, 0.29) is 6.04 Å². The highest BCUT2D eigenvalue weighted by atomic mass is 35.5. The summed E-state index contributed by atoms with van der Waals surface area (Å²) in [7, 11) is 0. The third-order valence-corrected chi connectivity index (χ3v) is 3.56. The molecule has 2 atom stereocenters. The molecule has 0 aromatic heterocycles. The summed E-state index contributed by atoms with van der Waals surface area (Å²) >= 11 is 11.8. The number of halogens is 3. The summed E-state index contributed by atoms with van der Waals surface area (Å²) in [6.07, 6.45) is 0.798. The fraction of sp³-hybridized carbons (Fsp3) is 0.455. The summed E-state index contributed by atoms with van der Waals surface area (Å²) in [4.78, 5) is 0. The van der Waals surface area contributed by atoms with Gasteiger partial charge in [0.25, 0.3) is 0 Å². The lowest BCUT2D eigenvalue weighted by molar-refractivity contribution is 0.271. The van der Waals surface area contributed by atoms with E-state index in [0.29, 0.717) is 15.6 Å². The van der Waals surface area contributed by atoms with E-state index in [1.165, 1.54) is 0 Å². The molecule has 0 bridgehead atoms. The fourth-order valence-electron chi connectivity index (χ4n) is 1.91. The Kier molecular flexibility index (Phi) is 3.49. The quantitative estimate of drug-likeness (QED) is 0.840. The minimum atomic E-state index is -1.07. The molecule has 1 aromatic rings. The monoisotopic (exact) mass is 247 g/mol. The highest BCUT2D eigenvalue weighted by molar-refractivity contribution is 6.42. The summed E-state index contributed by atoms with van der Waals surface area (Å²) < 4.78 is 14.1. The molecule has 4 heteroatoms. The zero-order valence-electron chi connectivity index (χ0n) is 8.14. The van der Waals surface area contributed by atoms with Crippen LogP contribution in [0.15, 0.2) is 18.2 Å². The van der Waals surface area contributed by atoms with Crippen LogP contribution in [0.4, 0.5) is 4.39 Å². The first-order chi connectivity index (χ1) is 7.20. The van der Waals surface area contributed by atoms with Crippen LogP contribution in [0, 0.1) is 0 Å². The molecule has 1 N–H and O–H groups in total. The Morgan fingerprint density at radius 3 is 2.87 bits per heavy atom. The molecular formula is C11H12Cl2FN. The number of rotatable bonds is 2. The van der Waals surface area contributed by atoms with Gasteiger partial charge in [-0.15, -0.1) is 0 Å². The van der Waals surface area contributed by atoms with Crippen molar-refractivity contribution in [3.63, 3.8) is 0 Å². The standard InChI is InChI=1S/C11H12Cl2FN/c12-8-4-1-3-7(10(8)13)11(14)9-5-2-6-15-9/h1,3-4,9,11,15H,2,5-6H2. The minimum absolute atomic E-state index is 0.124. The number of hydrogen-bond donors (Lipinski definition) is 1. The van der Waals surface area contributed by atoms with Crippen molar-refractivity contribution in [3.05, 3.63) is 33.8 Å². The van der Waals surface area contributed by atoms with Crippen molar-refractivity contribution >= 4 is 23.2 Å². The highest BCUT2D eigenvalue weighted by Crippen LogP contribution is 2.35. The van der Waals surface area contributed by atoms with Gasteiger partial charge >= 0.3 is 0 Å². The van der Waals surface area contributed by atoms with E-state index in [4.69, 9.17) is 23.2 Å². The Bertz CT molecular complexity index is 350. The van der Waals surface area contributed by atoms with E-state index in [2.05, 4.69) is 5.32 Å². The number of nitrogens with one attached hydrogen (secondary N) is 1. The number of alkyl halides is 1. The van der Waals surface area contributed by atoms with Gasteiger partial charge in [0, 0.05) is 11.6 Å². The van der Waals surface area contributed by atoms with E-state index in [9.17, 15) is 4.39 Å². The van der Waals surface area contributed by atoms with E-state index < -0.39 is 6.17 Å². The van der Waals surface area contributed by atoms with E-state index in [1.807, 2.05) is 0 Å². The molecular weight excluding hydrogens is 236 g/mol. The van der Waals surface area contributed by atoms with E-state index in [0.717, 1.165) is 19.4 Å². The summed E-state index contributed by atoms with van der Waals surface area (Å²) in [6, 6.07) is 4.97. The Labute approximate surface area is 98.6 Å². The molecule has 2 rings (SSSR count). The van der Waals surface area contributed by atoms with Crippen LogP contribution in [-0.2, 0) is 0 Å². The van der Waals surface area contributed by atoms with Gasteiger partial charge in [-0.2, -0.15) is 0 Å². The molecule has 15 heavy (non-hydrogen) atoms. The Balaban J connectivity index is 2.24. The molecule has 0 saturated carbocycles. The first-order valence-corrected chi connectivity index (χ1v) is 5.77. The van der Waals surface area contributed by atoms with Crippen molar-refractivity contribution < 1.29 is 4.39 Å². The van der Waals surface area contributed by atoms with Crippen molar-refractivity contribution in [1.82, 2.24) is 5.32 Å². The average Bonchev–Trinajstić information content (AvgIpc) is 2.74. The topological polar surface area (TPSA) is 12.0 Å². The summed E-state index contributed by atoms with van der Waals surface area (Å²) in [6.45, 7) is 0.878. The maximum atomic E-state index is 14.1. The van der Waals surface area contributed by atoms with Crippen LogP contribution < -0.4 is 5.32 Å². The van der Waals surface area contributed by atoms with E-state index in [1.54, 1.807) is 18.2 Å². The average molecular weight is 248 g/mol. The van der Waals surface area contributed by atoms with Gasteiger partial charge in [-0.3, -0.25) is 0 Å². The predicted octanol–water partition coefficient (Wildman–Crippen LogP) is 3.76. The molecule has 0 spiro atoms. The van der Waals surface area contributed by atoms with Crippen LogP contribution in [0.1, 0.15) is 24.6 Å². The van der Waals surface area contributed by atoms with Crippen LogP contribution in [0.25, 0.3) is 0 Å². The largest absolute Gasteiger partial charge is 0.311 e. The lowest BCUT2D eigenvalue weighted by Crippen LogP contribution is -2.26. The van der Waals surface area contributed by atoms with Crippen LogP contribution >= 0.6 is 23.2 Å². The molecule has 0 aliphatic carbocycles. The van der Waals surface area contributed by atoms with Crippen LogP contribution in [0.2, 0.25) is 10.0 Å². The molecule has 1 saturated heterocycles. The van der Waals surface area contributed by atoms with Gasteiger partial charge in [0.1, 0.15) is 6.17 Å². The lowest BCUT2D eigenvalue weighted by Gasteiger charge is -2.17. The van der Waals surface area contributed by atoms with Crippen LogP contribution in [0.3, 0.4) is 0 Å². The fourth-order valence-corrected chi connectivity index (χ4v) is 2.32. The Hall–Kier alpha value is -0.310. The van der Waals surface area contributed by atoms with Crippen molar-refractivity contribution in [2.45, 2.75) is 25.1 Å². The second-order valence-electron chi connectivity index (χ2n) is 3.75. The molecule has 1 aliphatic heterocycles. The van der Waals surface area contributed by atoms with Gasteiger partial charge < -0.3 is 5.32 Å². The first kappa shape index (κ1) is 11.2. The third kappa shape index (κ3) is 2.27. The minimum Gasteiger partial charge on any atom is -0.311 e. The molecule has 82 valence electrons. The van der Waals surface area contributed by atoms with Crippen molar-refractivity contribution in [2.75, 3.05) is 6.54 Å². The maximum absolute atomic E-state index is 14.1. The van der Waals surface area contributed by atoms with Crippen molar-refractivity contribution in [1.29, 1.82) is 0 Å². The molecule has 1 fully saturated rings. The molecule has 0 radical (unpaired) electrons. The summed E-state index contributed by atoms with van der Waals surface area (Å²) in [5, 5.41) is 3.87. The van der Waals surface area contributed by atoms with Gasteiger partial charge in [0.2, 0.25) is 0 Å². The molecule has 2 unspecified atom stereocenters. The van der Waals surface area contributed by atoms with Gasteiger partial charge in [0.15, 0.2) is 0 Å². The van der Waals surface area contributed by atoms with Gasteiger partial charge in [-0.1, -0.05) is 35.3 Å². The normalized spacial score (nSPS) is 23.0. The van der Waals surface area contributed by atoms with Gasteiger partial charge in [-0.05, 0) is 25.5 Å². The Morgan fingerprint density at radius 2 is 2.20 bits per heavy atom. The summed E-state index contributed by atoms with van der Waals surface area (Å²) in [5.41, 5.74) is 0.489. The van der Waals surface area contributed by atoms with Crippen molar-refractivity contribution in [2.24, 2.45) is 0 Å². The van der Waals surface area contributed by atoms with Crippen LogP contribution in [0.5, 0.6) is 0 Å². The van der Waals surface area contributed by atoms with E-state index >= 15 is 0 Å². The first-order valence-electron chi connectivity index (χ1n) is 5.01. The predicted molar refractivity (Wildman–Crippen MR) is 61.3 cm³/mol. The molecule has 1 aliphatic rings. The van der Waals surface area contributed by atoms with Gasteiger partial charge in [-0.25, -0.2) is 4.39 Å². The van der Waals surface area contributed by atoms with Crippen LogP contribution in [-0.4, -0.2) is 12.6 Å². The second-order valence-corrected chi connectivity index (χ2v) is 4.53. The lowest BCUT2D eigenvalue weighted by atomic mass is 10.0. The molecule has 1 nitrogen and oxygen atoms in total.